The maximum atomic E-state index is 4.79. The molecule has 2 aromatic heterocycles. The summed E-state index contributed by atoms with van der Waals surface area (Å²) in [5.74, 6) is 0.794. The van der Waals surface area contributed by atoms with E-state index in [0.717, 1.165) is 29.1 Å². The summed E-state index contributed by atoms with van der Waals surface area (Å²) in [6.07, 6.45) is 13.1. The van der Waals surface area contributed by atoms with Gasteiger partial charge in [-0.2, -0.15) is 0 Å². The summed E-state index contributed by atoms with van der Waals surface area (Å²) in [5, 5.41) is 1.19. The fourth-order valence-electron chi connectivity index (χ4n) is 3.94. The fraction of sp³-hybridized carbons (Fsp3) is 0.360. The van der Waals surface area contributed by atoms with Gasteiger partial charge in [-0.25, -0.2) is 9.98 Å². The van der Waals surface area contributed by atoms with Crippen molar-refractivity contribution in [3.05, 3.63) is 60.3 Å². The lowest BCUT2D eigenvalue weighted by Crippen LogP contribution is -1.98. The van der Waals surface area contributed by atoms with Gasteiger partial charge in [-0.3, -0.25) is 0 Å². The minimum atomic E-state index is 0.794. The molecule has 0 unspecified atom stereocenters. The van der Waals surface area contributed by atoms with Crippen LogP contribution in [0.5, 0.6) is 0 Å². The number of nitrogens with one attached hydrogen (secondary N) is 1. The zero-order chi connectivity index (χ0) is 19.9. The third-order valence-corrected chi connectivity index (χ3v) is 5.56. The van der Waals surface area contributed by atoms with Gasteiger partial charge in [-0.05, 0) is 24.6 Å². The Hall–Kier alpha value is -2.88. The van der Waals surface area contributed by atoms with Gasteiger partial charge >= 0.3 is 0 Å². The first-order valence-corrected chi connectivity index (χ1v) is 10.9. The molecular formula is C25H30N4. The molecule has 4 heteroatoms. The van der Waals surface area contributed by atoms with Crippen LogP contribution in [0.15, 0.2) is 59.7 Å². The van der Waals surface area contributed by atoms with Crippen molar-refractivity contribution in [3.8, 4) is 0 Å². The number of aliphatic imine (C=N–C) groups is 1. The molecule has 0 saturated carbocycles. The van der Waals surface area contributed by atoms with E-state index in [1.807, 2.05) is 24.5 Å². The molecule has 4 aromatic rings. The van der Waals surface area contributed by atoms with Crippen LogP contribution in [0.2, 0.25) is 0 Å². The molecule has 29 heavy (non-hydrogen) atoms. The molecule has 0 aliphatic rings. The summed E-state index contributed by atoms with van der Waals surface area (Å²) in [4.78, 5) is 12.9. The highest BCUT2D eigenvalue weighted by atomic mass is 15.2. The zero-order valence-corrected chi connectivity index (χ0v) is 17.3. The molecule has 0 bridgehead atoms. The lowest BCUT2D eigenvalue weighted by molar-refractivity contribution is 0.556. The maximum absolute atomic E-state index is 4.79. The van der Waals surface area contributed by atoms with Crippen LogP contribution in [0.4, 0.5) is 5.95 Å². The molecule has 2 aromatic carbocycles. The Labute approximate surface area is 172 Å². The molecule has 0 aliphatic carbocycles. The number of fused-ring (bicyclic) bond motifs is 2. The average Bonchev–Trinajstić information content (AvgIpc) is 3.33. The smallest absolute Gasteiger partial charge is 0.230 e. The van der Waals surface area contributed by atoms with Crippen molar-refractivity contribution in [1.82, 2.24) is 14.5 Å². The lowest BCUT2D eigenvalue weighted by Gasteiger charge is -2.06. The number of para-hydroxylation sites is 3. The Kier molecular flexibility index (Phi) is 6.40. The molecule has 0 radical (unpaired) electrons. The molecule has 0 saturated heterocycles. The van der Waals surface area contributed by atoms with Gasteiger partial charge in [0, 0.05) is 35.4 Å². The summed E-state index contributed by atoms with van der Waals surface area (Å²) in [6.45, 7) is 3.23. The van der Waals surface area contributed by atoms with E-state index in [9.17, 15) is 0 Å². The van der Waals surface area contributed by atoms with Crippen LogP contribution < -0.4 is 0 Å². The Morgan fingerprint density at radius 3 is 2.59 bits per heavy atom. The van der Waals surface area contributed by atoms with Crippen molar-refractivity contribution < 1.29 is 0 Å². The Morgan fingerprint density at radius 1 is 0.931 bits per heavy atom. The molecule has 1 N–H and O–H groups in total. The number of H-pyrrole nitrogens is 1. The van der Waals surface area contributed by atoms with Gasteiger partial charge in [0.2, 0.25) is 5.95 Å². The van der Waals surface area contributed by atoms with E-state index in [-0.39, 0.29) is 0 Å². The average molecular weight is 387 g/mol. The number of rotatable bonds is 10. The van der Waals surface area contributed by atoms with Gasteiger partial charge in [0.05, 0.1) is 11.0 Å². The first-order valence-electron chi connectivity index (χ1n) is 10.9. The van der Waals surface area contributed by atoms with E-state index in [1.54, 1.807) is 0 Å². The van der Waals surface area contributed by atoms with E-state index in [0.29, 0.717) is 0 Å². The first kappa shape index (κ1) is 19.4. The molecule has 4 rings (SSSR count). The second-order valence-electron chi connectivity index (χ2n) is 7.72. The van der Waals surface area contributed by atoms with Crippen molar-refractivity contribution in [1.29, 1.82) is 0 Å². The van der Waals surface area contributed by atoms with Crippen LogP contribution in [0, 0.1) is 0 Å². The van der Waals surface area contributed by atoms with Crippen LogP contribution >= 0.6 is 0 Å². The predicted molar refractivity (Wildman–Crippen MR) is 123 cm³/mol. The van der Waals surface area contributed by atoms with Gasteiger partial charge in [0.25, 0.3) is 0 Å². The second-order valence-corrected chi connectivity index (χ2v) is 7.72. The predicted octanol–water partition coefficient (Wildman–Crippen LogP) is 7.02. The van der Waals surface area contributed by atoms with Gasteiger partial charge in [-0.15, -0.1) is 0 Å². The van der Waals surface area contributed by atoms with E-state index in [1.165, 1.54) is 55.8 Å². The van der Waals surface area contributed by atoms with Crippen LogP contribution in [-0.2, 0) is 6.54 Å². The summed E-state index contributed by atoms with van der Waals surface area (Å²) >= 11 is 0. The fourth-order valence-corrected chi connectivity index (χ4v) is 3.94. The van der Waals surface area contributed by atoms with Gasteiger partial charge in [0.1, 0.15) is 0 Å². The van der Waals surface area contributed by atoms with E-state index in [4.69, 9.17) is 9.98 Å². The maximum Gasteiger partial charge on any atom is 0.230 e. The zero-order valence-electron chi connectivity index (χ0n) is 17.3. The number of aryl methyl sites for hydroxylation is 1. The highest BCUT2D eigenvalue weighted by Crippen LogP contribution is 2.24. The van der Waals surface area contributed by atoms with Crippen LogP contribution in [-0.4, -0.2) is 20.7 Å². The third kappa shape index (κ3) is 4.58. The number of benzene rings is 2. The highest BCUT2D eigenvalue weighted by molar-refractivity contribution is 5.99. The third-order valence-electron chi connectivity index (χ3n) is 5.56. The summed E-state index contributed by atoms with van der Waals surface area (Å²) in [6, 6.07) is 16.6. The van der Waals surface area contributed by atoms with Crippen molar-refractivity contribution in [2.75, 3.05) is 0 Å². The van der Waals surface area contributed by atoms with E-state index < -0.39 is 0 Å². The molecule has 150 valence electrons. The van der Waals surface area contributed by atoms with Crippen LogP contribution in [0.25, 0.3) is 21.9 Å². The van der Waals surface area contributed by atoms with Crippen molar-refractivity contribution in [2.24, 2.45) is 4.99 Å². The molecule has 2 heterocycles. The van der Waals surface area contributed by atoms with Crippen LogP contribution in [0.3, 0.4) is 0 Å². The number of aromatic amines is 1. The van der Waals surface area contributed by atoms with Crippen LogP contribution in [0.1, 0.15) is 57.4 Å². The standard InChI is InChI=1S/C25H30N4/c1-2-3-4-5-6-7-12-17-29-24-16-11-10-15-23(24)28-25(29)27-19-20-18-26-22-14-9-8-13-21(20)22/h8-11,13-16,18-19,26H,2-7,12,17H2,1H3. The van der Waals surface area contributed by atoms with Crippen molar-refractivity contribution in [3.63, 3.8) is 0 Å². The number of aromatic nitrogens is 3. The lowest BCUT2D eigenvalue weighted by atomic mass is 10.1. The minimum Gasteiger partial charge on any atom is -0.361 e. The molecule has 0 amide bonds. The Bertz CT molecular complexity index is 1090. The molecular weight excluding hydrogens is 356 g/mol. The molecule has 0 fully saturated rings. The van der Waals surface area contributed by atoms with Crippen molar-refractivity contribution in [2.45, 2.75) is 58.4 Å². The van der Waals surface area contributed by atoms with E-state index in [2.05, 4.69) is 52.9 Å². The molecule has 4 nitrogen and oxygen atoms in total. The molecule has 0 aliphatic heterocycles. The van der Waals surface area contributed by atoms with E-state index >= 15 is 0 Å². The first-order chi connectivity index (χ1) is 14.4. The van der Waals surface area contributed by atoms with Gasteiger partial charge in [0.15, 0.2) is 0 Å². The van der Waals surface area contributed by atoms with Gasteiger partial charge in [-0.1, -0.05) is 75.8 Å². The SMILES string of the molecule is CCCCCCCCCn1c(N=Cc2c[nH]c3ccccc23)nc2ccccc21. The summed E-state index contributed by atoms with van der Waals surface area (Å²) < 4.78 is 2.27. The summed E-state index contributed by atoms with van der Waals surface area (Å²) in [7, 11) is 0. The van der Waals surface area contributed by atoms with Crippen molar-refractivity contribution >= 4 is 34.1 Å². The number of hydrogen-bond donors (Lipinski definition) is 1. The molecule has 0 spiro atoms. The minimum absolute atomic E-state index is 0.794. The Morgan fingerprint density at radius 2 is 1.69 bits per heavy atom. The highest BCUT2D eigenvalue weighted by Gasteiger charge is 2.09. The summed E-state index contributed by atoms with van der Waals surface area (Å²) in [5.41, 5.74) is 4.41. The topological polar surface area (TPSA) is 46.0 Å². The quantitative estimate of drug-likeness (QED) is 0.231. The molecule has 0 atom stereocenters. The number of hydrogen-bond acceptors (Lipinski definition) is 2. The normalized spacial score (nSPS) is 11.9. The second kappa shape index (κ2) is 9.55. The Balaban J connectivity index is 1.50. The number of imidazole rings is 1. The monoisotopic (exact) mass is 386 g/mol. The number of nitrogens with zero attached hydrogens (tertiary/aromatic N) is 3. The number of unbranched alkanes of at least 4 members (excludes halogenated alkanes) is 6. The largest absolute Gasteiger partial charge is 0.361 e. The van der Waals surface area contributed by atoms with Gasteiger partial charge < -0.3 is 9.55 Å².